The van der Waals surface area contributed by atoms with E-state index in [0.29, 0.717) is 25.3 Å². The summed E-state index contributed by atoms with van der Waals surface area (Å²) in [4.78, 5) is 14.7. The largest absolute Gasteiger partial charge is 0.416 e. The summed E-state index contributed by atoms with van der Waals surface area (Å²) in [6.45, 7) is 3.66. The van der Waals surface area contributed by atoms with Crippen LogP contribution in [0.2, 0.25) is 5.02 Å². The number of nitrogens with zero attached hydrogens (tertiary/aromatic N) is 1. The van der Waals surface area contributed by atoms with E-state index in [2.05, 4.69) is 10.2 Å². The number of benzene rings is 2. The number of alkyl halides is 3. The van der Waals surface area contributed by atoms with Crippen molar-refractivity contribution in [2.24, 2.45) is 0 Å². The molecule has 0 aliphatic carbocycles. The second kappa shape index (κ2) is 8.29. The summed E-state index contributed by atoms with van der Waals surface area (Å²) >= 11 is 5.94. The molecular formula is C19H18ClF3N2O2. The molecule has 0 bridgehead atoms. The third-order valence-electron chi connectivity index (χ3n) is 4.24. The van der Waals surface area contributed by atoms with Crippen molar-refractivity contribution >= 4 is 23.2 Å². The Hall–Kier alpha value is -2.09. The third kappa shape index (κ3) is 5.22. The van der Waals surface area contributed by atoms with Crippen molar-refractivity contribution in [3.8, 4) is 0 Å². The monoisotopic (exact) mass is 398 g/mol. The van der Waals surface area contributed by atoms with Crippen molar-refractivity contribution in [2.75, 3.05) is 31.6 Å². The molecule has 0 spiro atoms. The number of carbonyl (C=O) groups excluding carboxylic acids is 1. The zero-order valence-corrected chi connectivity index (χ0v) is 15.1. The molecular weight excluding hydrogens is 381 g/mol. The molecule has 4 nitrogen and oxygen atoms in total. The molecule has 0 saturated carbocycles. The zero-order valence-electron chi connectivity index (χ0n) is 14.4. The minimum Gasteiger partial charge on any atom is -0.379 e. The van der Waals surface area contributed by atoms with E-state index >= 15 is 0 Å². The number of hydrogen-bond acceptors (Lipinski definition) is 3. The smallest absolute Gasteiger partial charge is 0.379 e. The highest BCUT2D eigenvalue weighted by Gasteiger charge is 2.31. The van der Waals surface area contributed by atoms with Crippen LogP contribution in [0.3, 0.4) is 0 Å². The van der Waals surface area contributed by atoms with E-state index in [-0.39, 0.29) is 10.7 Å². The molecule has 1 amide bonds. The average Bonchev–Trinajstić information content (AvgIpc) is 2.63. The number of carbonyl (C=O) groups is 1. The first-order valence-corrected chi connectivity index (χ1v) is 8.78. The van der Waals surface area contributed by atoms with Gasteiger partial charge in [-0.25, -0.2) is 0 Å². The standard InChI is InChI=1S/C19H18ClF3N2O2/c20-16-5-4-15(19(21,22)23)11-17(16)24-18(26)14-3-1-2-13(10-14)12-25-6-8-27-9-7-25/h1-5,10-11H,6-9,12H2,(H,24,26). The van der Waals surface area contributed by atoms with E-state index in [4.69, 9.17) is 16.3 Å². The molecule has 0 radical (unpaired) electrons. The summed E-state index contributed by atoms with van der Waals surface area (Å²) in [7, 11) is 0. The van der Waals surface area contributed by atoms with Gasteiger partial charge in [0, 0.05) is 25.2 Å². The number of rotatable bonds is 4. The number of ether oxygens (including phenoxy) is 1. The molecule has 2 aromatic carbocycles. The van der Waals surface area contributed by atoms with Crippen LogP contribution in [-0.4, -0.2) is 37.1 Å². The van der Waals surface area contributed by atoms with Crippen LogP contribution in [-0.2, 0) is 17.5 Å². The lowest BCUT2D eigenvalue weighted by atomic mass is 10.1. The van der Waals surface area contributed by atoms with Gasteiger partial charge in [0.1, 0.15) is 0 Å². The minimum atomic E-state index is -4.51. The molecule has 27 heavy (non-hydrogen) atoms. The van der Waals surface area contributed by atoms with Gasteiger partial charge >= 0.3 is 6.18 Å². The lowest BCUT2D eigenvalue weighted by Gasteiger charge is -2.26. The molecule has 144 valence electrons. The summed E-state index contributed by atoms with van der Waals surface area (Å²) in [5.74, 6) is -0.514. The van der Waals surface area contributed by atoms with E-state index in [1.807, 2.05) is 6.07 Å². The Morgan fingerprint density at radius 3 is 2.59 bits per heavy atom. The number of anilines is 1. The Morgan fingerprint density at radius 1 is 1.15 bits per heavy atom. The van der Waals surface area contributed by atoms with Crippen LogP contribution in [0.4, 0.5) is 18.9 Å². The molecule has 1 aliphatic heterocycles. The molecule has 3 rings (SSSR count). The quantitative estimate of drug-likeness (QED) is 0.827. The van der Waals surface area contributed by atoms with Crippen LogP contribution < -0.4 is 5.32 Å². The fourth-order valence-electron chi connectivity index (χ4n) is 2.82. The van der Waals surface area contributed by atoms with Crippen molar-refractivity contribution in [1.29, 1.82) is 0 Å². The van der Waals surface area contributed by atoms with Crippen LogP contribution in [0.5, 0.6) is 0 Å². The van der Waals surface area contributed by atoms with Gasteiger partial charge < -0.3 is 10.1 Å². The molecule has 8 heteroatoms. The molecule has 0 aromatic heterocycles. The molecule has 0 atom stereocenters. The van der Waals surface area contributed by atoms with Gasteiger partial charge in [0.15, 0.2) is 0 Å². The summed E-state index contributed by atoms with van der Waals surface area (Å²) in [5, 5.41) is 2.51. The Balaban J connectivity index is 1.74. The van der Waals surface area contributed by atoms with E-state index < -0.39 is 17.6 Å². The maximum atomic E-state index is 12.9. The van der Waals surface area contributed by atoms with E-state index in [1.54, 1.807) is 18.2 Å². The Labute approximate surface area is 159 Å². The van der Waals surface area contributed by atoms with Crippen LogP contribution in [0.15, 0.2) is 42.5 Å². The highest BCUT2D eigenvalue weighted by Crippen LogP contribution is 2.34. The summed E-state index contributed by atoms with van der Waals surface area (Å²) < 4.78 is 43.9. The van der Waals surface area contributed by atoms with Crippen molar-refractivity contribution in [3.63, 3.8) is 0 Å². The maximum absolute atomic E-state index is 12.9. The molecule has 1 aliphatic rings. The van der Waals surface area contributed by atoms with E-state index in [9.17, 15) is 18.0 Å². The normalized spacial score (nSPS) is 15.6. The van der Waals surface area contributed by atoms with Gasteiger partial charge in [-0.15, -0.1) is 0 Å². The molecule has 0 unspecified atom stereocenters. The van der Waals surface area contributed by atoms with Crippen LogP contribution >= 0.6 is 11.6 Å². The Morgan fingerprint density at radius 2 is 1.89 bits per heavy atom. The van der Waals surface area contributed by atoms with Crippen LogP contribution in [0.25, 0.3) is 0 Å². The highest BCUT2D eigenvalue weighted by atomic mass is 35.5. The van der Waals surface area contributed by atoms with Crippen molar-refractivity contribution < 1.29 is 22.7 Å². The summed E-state index contributed by atoms with van der Waals surface area (Å²) in [6, 6.07) is 9.82. The van der Waals surface area contributed by atoms with Gasteiger partial charge in [0.2, 0.25) is 0 Å². The second-order valence-electron chi connectivity index (χ2n) is 6.24. The van der Waals surface area contributed by atoms with Gasteiger partial charge in [0.25, 0.3) is 5.91 Å². The van der Waals surface area contributed by atoms with Gasteiger partial charge in [-0.05, 0) is 35.9 Å². The van der Waals surface area contributed by atoms with E-state index in [0.717, 1.165) is 36.9 Å². The SMILES string of the molecule is O=C(Nc1cc(C(F)(F)F)ccc1Cl)c1cccc(CN2CCOCC2)c1. The predicted molar refractivity (Wildman–Crippen MR) is 96.9 cm³/mol. The molecule has 1 N–H and O–H groups in total. The van der Waals surface area contributed by atoms with Gasteiger partial charge in [-0.2, -0.15) is 13.2 Å². The highest BCUT2D eigenvalue weighted by molar-refractivity contribution is 6.34. The number of hydrogen-bond donors (Lipinski definition) is 1. The predicted octanol–water partition coefficient (Wildman–Crippen LogP) is 4.44. The Bertz CT molecular complexity index is 821. The van der Waals surface area contributed by atoms with Crippen molar-refractivity contribution in [3.05, 3.63) is 64.2 Å². The van der Waals surface area contributed by atoms with Crippen molar-refractivity contribution in [2.45, 2.75) is 12.7 Å². The fourth-order valence-corrected chi connectivity index (χ4v) is 2.99. The number of amides is 1. The van der Waals surface area contributed by atoms with Crippen LogP contribution in [0.1, 0.15) is 21.5 Å². The zero-order chi connectivity index (χ0) is 19.4. The first kappa shape index (κ1) is 19.7. The second-order valence-corrected chi connectivity index (χ2v) is 6.64. The van der Waals surface area contributed by atoms with Crippen LogP contribution in [0, 0.1) is 0 Å². The average molecular weight is 399 g/mol. The van der Waals surface area contributed by atoms with Gasteiger partial charge in [0.05, 0.1) is 29.5 Å². The Kier molecular flexibility index (Phi) is 6.04. The number of halogens is 4. The molecule has 1 heterocycles. The fraction of sp³-hybridized carbons (Fsp3) is 0.316. The lowest BCUT2D eigenvalue weighted by molar-refractivity contribution is -0.137. The molecule has 1 saturated heterocycles. The molecule has 1 fully saturated rings. The number of nitrogens with one attached hydrogen (secondary N) is 1. The van der Waals surface area contributed by atoms with Gasteiger partial charge in [-0.1, -0.05) is 23.7 Å². The van der Waals surface area contributed by atoms with E-state index in [1.165, 1.54) is 0 Å². The maximum Gasteiger partial charge on any atom is 0.416 e. The summed E-state index contributed by atoms with van der Waals surface area (Å²) in [6.07, 6.45) is -4.51. The lowest BCUT2D eigenvalue weighted by Crippen LogP contribution is -2.35. The minimum absolute atomic E-state index is 0.0424. The van der Waals surface area contributed by atoms with Gasteiger partial charge in [-0.3, -0.25) is 9.69 Å². The summed E-state index contributed by atoms with van der Waals surface area (Å²) in [5.41, 5.74) is 0.354. The molecule has 2 aromatic rings. The topological polar surface area (TPSA) is 41.6 Å². The number of morpholine rings is 1. The first-order valence-electron chi connectivity index (χ1n) is 8.40. The third-order valence-corrected chi connectivity index (χ3v) is 4.57. The first-order chi connectivity index (χ1) is 12.8. The van der Waals surface area contributed by atoms with Crippen molar-refractivity contribution in [1.82, 2.24) is 4.90 Å².